The third-order valence-electron chi connectivity index (χ3n) is 3.99. The fourth-order valence-electron chi connectivity index (χ4n) is 2.66. The monoisotopic (exact) mass is 285 g/mol. The van der Waals surface area contributed by atoms with E-state index in [4.69, 9.17) is 4.74 Å². The molecule has 0 fully saturated rings. The van der Waals surface area contributed by atoms with Crippen molar-refractivity contribution in [2.24, 2.45) is 0 Å². The first kappa shape index (κ1) is 13.6. The molecule has 1 aliphatic heterocycles. The molecule has 0 saturated heterocycles. The zero-order valence-corrected chi connectivity index (χ0v) is 12.2. The van der Waals surface area contributed by atoms with Gasteiger partial charge in [-0.1, -0.05) is 12.1 Å². The van der Waals surface area contributed by atoms with Gasteiger partial charge in [-0.3, -0.25) is 4.79 Å². The van der Waals surface area contributed by atoms with Gasteiger partial charge in [0, 0.05) is 6.54 Å². The van der Waals surface area contributed by atoms with Crippen LogP contribution in [0.3, 0.4) is 0 Å². The van der Waals surface area contributed by atoms with Gasteiger partial charge in [0.2, 0.25) is 0 Å². The van der Waals surface area contributed by atoms with Crippen LogP contribution in [0.2, 0.25) is 0 Å². The van der Waals surface area contributed by atoms with Gasteiger partial charge in [-0.15, -0.1) is 0 Å². The maximum Gasteiger partial charge on any atom is 0.252 e. The van der Waals surface area contributed by atoms with Crippen LogP contribution in [0.5, 0.6) is 5.75 Å². The van der Waals surface area contributed by atoms with Gasteiger partial charge in [0.05, 0.1) is 12.7 Å². The number of nitrogens with one attached hydrogen (secondary N) is 1. The standard InChI is InChI=1S/C17H16FNO2/c1-9-4-11-8-19-17(20)14-7-16(21-3)15(18)6-13(14)12(11)5-10(9)2/h4-7H,8H2,1-3H3,(H,19,20). The molecule has 4 heteroatoms. The number of ether oxygens (including phenoxy) is 1. The number of rotatable bonds is 1. The van der Waals surface area contributed by atoms with E-state index in [-0.39, 0.29) is 11.7 Å². The number of amides is 1. The Bertz CT molecular complexity index is 753. The lowest BCUT2D eigenvalue weighted by Crippen LogP contribution is -2.21. The average molecular weight is 285 g/mol. The maximum absolute atomic E-state index is 14.1. The first-order chi connectivity index (χ1) is 10.0. The predicted octanol–water partition coefficient (Wildman–Crippen LogP) is 3.36. The summed E-state index contributed by atoms with van der Waals surface area (Å²) in [6.07, 6.45) is 0. The van der Waals surface area contributed by atoms with E-state index in [9.17, 15) is 9.18 Å². The van der Waals surface area contributed by atoms with Crippen LogP contribution >= 0.6 is 0 Å². The highest BCUT2D eigenvalue weighted by Gasteiger charge is 2.23. The molecule has 21 heavy (non-hydrogen) atoms. The number of benzene rings is 2. The Morgan fingerprint density at radius 2 is 1.76 bits per heavy atom. The van der Waals surface area contributed by atoms with E-state index in [0.29, 0.717) is 17.7 Å². The summed E-state index contributed by atoms with van der Waals surface area (Å²) in [6.45, 7) is 4.47. The predicted molar refractivity (Wildman–Crippen MR) is 79.0 cm³/mol. The van der Waals surface area contributed by atoms with Crippen molar-refractivity contribution >= 4 is 5.91 Å². The van der Waals surface area contributed by atoms with Crippen molar-refractivity contribution in [2.45, 2.75) is 20.4 Å². The Morgan fingerprint density at radius 3 is 2.48 bits per heavy atom. The van der Waals surface area contributed by atoms with Crippen molar-refractivity contribution in [3.05, 3.63) is 52.3 Å². The van der Waals surface area contributed by atoms with Crippen LogP contribution in [0.25, 0.3) is 11.1 Å². The van der Waals surface area contributed by atoms with Crippen molar-refractivity contribution in [1.29, 1.82) is 0 Å². The van der Waals surface area contributed by atoms with Crippen molar-refractivity contribution < 1.29 is 13.9 Å². The summed E-state index contributed by atoms with van der Waals surface area (Å²) in [5.74, 6) is -0.596. The fraction of sp³-hybridized carbons (Fsp3) is 0.235. The highest BCUT2D eigenvalue weighted by Crippen LogP contribution is 2.35. The molecule has 0 saturated carbocycles. The Labute approximate surface area is 122 Å². The Kier molecular flexibility index (Phi) is 3.16. The first-order valence-electron chi connectivity index (χ1n) is 6.77. The maximum atomic E-state index is 14.1. The molecule has 1 heterocycles. The van der Waals surface area contributed by atoms with Crippen LogP contribution in [0.1, 0.15) is 27.0 Å². The zero-order chi connectivity index (χ0) is 15.1. The van der Waals surface area contributed by atoms with Gasteiger partial charge in [0.25, 0.3) is 5.91 Å². The number of halogens is 1. The van der Waals surface area contributed by atoms with Gasteiger partial charge >= 0.3 is 0 Å². The molecule has 0 aromatic heterocycles. The van der Waals surface area contributed by atoms with Crippen LogP contribution in [0, 0.1) is 19.7 Å². The molecule has 2 aromatic rings. The molecular formula is C17H16FNO2. The van der Waals surface area contributed by atoms with E-state index in [2.05, 4.69) is 5.32 Å². The minimum Gasteiger partial charge on any atom is -0.494 e. The first-order valence-corrected chi connectivity index (χ1v) is 6.77. The largest absolute Gasteiger partial charge is 0.494 e. The molecule has 1 amide bonds. The smallest absolute Gasteiger partial charge is 0.252 e. The Hall–Kier alpha value is -2.36. The highest BCUT2D eigenvalue weighted by molar-refractivity contribution is 6.03. The third-order valence-corrected chi connectivity index (χ3v) is 3.99. The molecule has 2 aromatic carbocycles. The van der Waals surface area contributed by atoms with Gasteiger partial charge in [-0.2, -0.15) is 0 Å². The number of hydrogen-bond donors (Lipinski definition) is 1. The molecule has 0 aliphatic carbocycles. The van der Waals surface area contributed by atoms with Crippen LogP contribution in [-0.4, -0.2) is 13.0 Å². The summed E-state index contributed by atoms with van der Waals surface area (Å²) in [5, 5.41) is 2.86. The van der Waals surface area contributed by atoms with E-state index in [1.54, 1.807) is 0 Å². The van der Waals surface area contributed by atoms with Crippen molar-refractivity contribution in [3.63, 3.8) is 0 Å². The molecule has 0 atom stereocenters. The quantitative estimate of drug-likeness (QED) is 0.872. The molecule has 3 rings (SSSR count). The van der Waals surface area contributed by atoms with E-state index >= 15 is 0 Å². The Morgan fingerprint density at radius 1 is 1.05 bits per heavy atom. The number of hydrogen-bond acceptors (Lipinski definition) is 2. The summed E-state index contributed by atoms with van der Waals surface area (Å²) in [4.78, 5) is 12.2. The molecule has 0 radical (unpaired) electrons. The third kappa shape index (κ3) is 2.17. The topological polar surface area (TPSA) is 38.3 Å². The lowest BCUT2D eigenvalue weighted by atomic mass is 9.92. The lowest BCUT2D eigenvalue weighted by molar-refractivity contribution is 0.0952. The molecule has 3 nitrogen and oxygen atoms in total. The van der Waals surface area contributed by atoms with E-state index in [1.165, 1.54) is 19.2 Å². The Balaban J connectivity index is 2.32. The zero-order valence-electron chi connectivity index (χ0n) is 12.2. The normalized spacial score (nSPS) is 13.0. The van der Waals surface area contributed by atoms with E-state index in [1.807, 2.05) is 26.0 Å². The molecule has 108 valence electrons. The minimum atomic E-state index is -0.463. The molecular weight excluding hydrogens is 269 g/mol. The van der Waals surface area contributed by atoms with Gasteiger partial charge in [0.1, 0.15) is 0 Å². The minimum absolute atomic E-state index is 0.0798. The summed E-state index contributed by atoms with van der Waals surface area (Å²) >= 11 is 0. The average Bonchev–Trinajstić information content (AvgIpc) is 2.58. The molecule has 1 aliphatic rings. The van der Waals surface area contributed by atoms with Crippen LogP contribution in [-0.2, 0) is 6.54 Å². The van der Waals surface area contributed by atoms with Gasteiger partial charge in [-0.05, 0) is 53.8 Å². The second-order valence-corrected chi connectivity index (χ2v) is 5.31. The lowest BCUT2D eigenvalue weighted by Gasteiger charge is -2.12. The fourth-order valence-corrected chi connectivity index (χ4v) is 2.66. The van der Waals surface area contributed by atoms with Crippen molar-refractivity contribution in [1.82, 2.24) is 5.32 Å². The van der Waals surface area contributed by atoms with Gasteiger partial charge in [-0.25, -0.2) is 4.39 Å². The number of aryl methyl sites for hydroxylation is 2. The summed E-state index contributed by atoms with van der Waals surface area (Å²) in [5.41, 5.74) is 5.21. The number of fused-ring (bicyclic) bond motifs is 3. The van der Waals surface area contributed by atoms with E-state index < -0.39 is 5.82 Å². The summed E-state index contributed by atoms with van der Waals surface area (Å²) < 4.78 is 19.0. The number of carbonyl (C=O) groups excluding carboxylic acids is 1. The molecule has 0 unspecified atom stereocenters. The van der Waals surface area contributed by atoms with E-state index in [0.717, 1.165) is 22.3 Å². The van der Waals surface area contributed by atoms with Crippen molar-refractivity contribution in [2.75, 3.05) is 7.11 Å². The van der Waals surface area contributed by atoms with Gasteiger partial charge < -0.3 is 10.1 Å². The molecule has 0 spiro atoms. The number of methoxy groups -OCH3 is 1. The second kappa shape index (κ2) is 4.88. The molecule has 1 N–H and O–H groups in total. The van der Waals surface area contributed by atoms with Crippen LogP contribution in [0.15, 0.2) is 24.3 Å². The van der Waals surface area contributed by atoms with Crippen LogP contribution < -0.4 is 10.1 Å². The number of carbonyl (C=O) groups is 1. The SMILES string of the molecule is COc1cc2c(cc1F)-c1cc(C)c(C)cc1CNC2=O. The van der Waals surface area contributed by atoms with Crippen molar-refractivity contribution in [3.8, 4) is 16.9 Å². The summed E-state index contributed by atoms with van der Waals surface area (Å²) in [6, 6.07) is 6.90. The summed E-state index contributed by atoms with van der Waals surface area (Å²) in [7, 11) is 1.39. The van der Waals surface area contributed by atoms with Gasteiger partial charge in [0.15, 0.2) is 11.6 Å². The van der Waals surface area contributed by atoms with Crippen LogP contribution in [0.4, 0.5) is 4.39 Å². The molecule has 0 bridgehead atoms. The second-order valence-electron chi connectivity index (χ2n) is 5.31. The highest BCUT2D eigenvalue weighted by atomic mass is 19.1.